The number of fused-ring (bicyclic) bond motifs is 1. The summed E-state index contributed by atoms with van der Waals surface area (Å²) in [6.07, 6.45) is -0.460. The molecule has 1 saturated carbocycles. The van der Waals surface area contributed by atoms with Crippen molar-refractivity contribution in [3.05, 3.63) is 84.4 Å². The van der Waals surface area contributed by atoms with Crippen LogP contribution in [0.25, 0.3) is 10.9 Å². The summed E-state index contributed by atoms with van der Waals surface area (Å²) in [4.78, 5) is 18.8. The fourth-order valence-electron chi connectivity index (χ4n) is 5.25. The third kappa shape index (κ3) is 11.4. The van der Waals surface area contributed by atoms with Gasteiger partial charge >= 0.3 is 12.1 Å². The number of hydrogen-bond acceptors (Lipinski definition) is 9. The molecule has 0 amide bonds. The number of nitrogens with zero attached hydrogens (tertiary/aromatic N) is 2. The highest BCUT2D eigenvalue weighted by Crippen LogP contribution is 2.29. The van der Waals surface area contributed by atoms with Crippen molar-refractivity contribution in [2.45, 2.75) is 48.1 Å². The van der Waals surface area contributed by atoms with Gasteiger partial charge in [0.2, 0.25) is 26.0 Å². The van der Waals surface area contributed by atoms with Crippen LogP contribution in [0.2, 0.25) is 0 Å². The normalized spacial score (nSPS) is 16.7. The first-order valence-electron chi connectivity index (χ1n) is 15.3. The van der Waals surface area contributed by atoms with E-state index in [0.717, 1.165) is 54.5 Å². The molecule has 3 aromatic carbocycles. The third-order valence-electron chi connectivity index (χ3n) is 7.93. The number of carboxylic acids is 1. The van der Waals surface area contributed by atoms with E-state index >= 15 is 0 Å². The molecule has 1 fully saturated rings. The monoisotopic (exact) mass is 722 g/mol. The van der Waals surface area contributed by atoms with E-state index < -0.39 is 32.2 Å². The van der Waals surface area contributed by atoms with Gasteiger partial charge in [-0.2, -0.15) is 18.2 Å². The average Bonchev–Trinajstić information content (AvgIpc) is 3.07. The Hall–Kier alpha value is -4.32. The summed E-state index contributed by atoms with van der Waals surface area (Å²) in [7, 11) is -7.19. The van der Waals surface area contributed by atoms with Crippen molar-refractivity contribution in [3.8, 4) is 0 Å². The Bertz CT molecular complexity index is 1920. The van der Waals surface area contributed by atoms with Crippen LogP contribution in [-0.2, 0) is 31.3 Å². The Kier molecular flexibility index (Phi) is 12.5. The molecule has 0 radical (unpaired) electrons. The number of carboxylic acid groups (broad SMARTS) is 1. The average molecular weight is 723 g/mol. The number of anilines is 2. The van der Waals surface area contributed by atoms with E-state index in [-0.39, 0.29) is 4.90 Å². The Morgan fingerprint density at radius 1 is 0.796 bits per heavy atom. The first kappa shape index (κ1) is 37.5. The number of benzene rings is 3. The number of primary sulfonamides is 1. The maximum absolute atomic E-state index is 12.5. The molecule has 5 rings (SSSR count). The number of aromatic nitrogens is 2. The minimum absolute atomic E-state index is 0.0953. The van der Waals surface area contributed by atoms with Crippen molar-refractivity contribution in [1.82, 2.24) is 14.7 Å². The highest BCUT2D eigenvalue weighted by Gasteiger charge is 2.38. The van der Waals surface area contributed by atoms with Gasteiger partial charge in [0.15, 0.2) is 0 Å². The number of rotatable bonds is 12. The lowest BCUT2D eigenvalue weighted by atomic mass is 9.82. The summed E-state index contributed by atoms with van der Waals surface area (Å²) < 4.78 is 82.6. The first-order valence-corrected chi connectivity index (χ1v) is 18.4. The summed E-state index contributed by atoms with van der Waals surface area (Å²) >= 11 is 0. The lowest BCUT2D eigenvalue weighted by molar-refractivity contribution is -0.192. The van der Waals surface area contributed by atoms with Gasteiger partial charge in [-0.05, 0) is 85.9 Å². The summed E-state index contributed by atoms with van der Waals surface area (Å²) in [5.41, 5.74) is 1.82. The molecule has 17 heteroatoms. The Morgan fingerprint density at radius 2 is 1.37 bits per heavy atom. The van der Waals surface area contributed by atoms with E-state index in [1.807, 2.05) is 24.3 Å². The standard InChI is InChI=1S/C30H36N6O4S2.C2HF3O2/c31-41(37,38)25-16-14-22(15-17-25)18-19-32-29-27-8-4-5-9-28(27)35-30(36-29)33-20-23-10-12-24(13-11-23)21-34-42(39,40)26-6-2-1-3-7-26;3-2(4,5)1(6)7/h1-9,14-17,23-24,34H,10-13,18-21H2,(H2,31,37,38)(H2,32,33,35,36);(H,6,7). The maximum Gasteiger partial charge on any atom is 0.490 e. The Morgan fingerprint density at radius 3 is 1.96 bits per heavy atom. The Balaban J connectivity index is 0.000000698. The second-order valence-corrected chi connectivity index (χ2v) is 14.8. The second kappa shape index (κ2) is 16.4. The lowest BCUT2D eigenvalue weighted by Crippen LogP contribution is -2.32. The van der Waals surface area contributed by atoms with E-state index in [2.05, 4.69) is 15.4 Å². The number of nitrogens with one attached hydrogen (secondary N) is 3. The topological polar surface area (TPSA) is 193 Å². The Labute approximate surface area is 282 Å². The summed E-state index contributed by atoms with van der Waals surface area (Å²) in [6.45, 7) is 1.81. The number of carbonyl (C=O) groups is 1. The third-order valence-corrected chi connectivity index (χ3v) is 10.3. The number of sulfonamides is 2. The zero-order valence-electron chi connectivity index (χ0n) is 26.2. The highest BCUT2D eigenvalue weighted by molar-refractivity contribution is 7.89. The van der Waals surface area contributed by atoms with Gasteiger partial charge in [0, 0.05) is 25.0 Å². The maximum atomic E-state index is 12.5. The number of halogens is 3. The predicted molar refractivity (Wildman–Crippen MR) is 179 cm³/mol. The van der Waals surface area contributed by atoms with Crippen LogP contribution in [0.5, 0.6) is 0 Å². The van der Waals surface area contributed by atoms with Crippen molar-refractivity contribution >= 4 is 48.7 Å². The van der Waals surface area contributed by atoms with Crippen molar-refractivity contribution in [2.75, 3.05) is 30.3 Å². The quantitative estimate of drug-likeness (QED) is 0.136. The van der Waals surface area contributed by atoms with Crippen molar-refractivity contribution in [1.29, 1.82) is 0 Å². The molecule has 4 aromatic rings. The molecule has 0 saturated heterocycles. The number of alkyl halides is 3. The van der Waals surface area contributed by atoms with Gasteiger partial charge in [-0.3, -0.25) is 0 Å². The van der Waals surface area contributed by atoms with Crippen LogP contribution in [0.4, 0.5) is 24.9 Å². The summed E-state index contributed by atoms with van der Waals surface area (Å²) in [6, 6.07) is 22.9. The number of para-hydroxylation sites is 1. The van der Waals surface area contributed by atoms with Crippen molar-refractivity contribution in [2.24, 2.45) is 17.0 Å². The molecule has 0 atom stereocenters. The van der Waals surface area contributed by atoms with Crippen LogP contribution >= 0.6 is 0 Å². The van der Waals surface area contributed by atoms with E-state index in [1.54, 1.807) is 42.5 Å². The molecule has 1 heterocycles. The van der Waals surface area contributed by atoms with Crippen LogP contribution in [0.1, 0.15) is 31.2 Å². The van der Waals surface area contributed by atoms with Crippen LogP contribution in [0.3, 0.4) is 0 Å². The van der Waals surface area contributed by atoms with Crippen molar-refractivity contribution < 1.29 is 39.9 Å². The summed E-state index contributed by atoms with van der Waals surface area (Å²) in [5, 5.41) is 20.1. The van der Waals surface area contributed by atoms with Crippen LogP contribution in [0.15, 0.2) is 88.7 Å². The molecule has 0 aliphatic heterocycles. The molecule has 12 nitrogen and oxygen atoms in total. The van der Waals surface area contributed by atoms with Crippen molar-refractivity contribution in [3.63, 3.8) is 0 Å². The zero-order valence-corrected chi connectivity index (χ0v) is 27.9. The molecule has 0 unspecified atom stereocenters. The summed E-state index contributed by atoms with van der Waals surface area (Å²) in [5.74, 6) is -0.681. The second-order valence-electron chi connectivity index (χ2n) is 11.5. The number of aliphatic carboxylic acids is 1. The molecule has 6 N–H and O–H groups in total. The molecular formula is C32H37F3N6O6S2. The molecule has 1 aliphatic rings. The minimum Gasteiger partial charge on any atom is -0.475 e. The van der Waals surface area contributed by atoms with Gasteiger partial charge in [-0.1, -0.05) is 42.5 Å². The van der Waals surface area contributed by atoms with Crippen LogP contribution < -0.4 is 20.5 Å². The number of nitrogens with two attached hydrogens (primary N) is 1. The van der Waals surface area contributed by atoms with E-state index in [4.69, 9.17) is 25.0 Å². The SMILES string of the molecule is NS(=O)(=O)c1ccc(CCNc2nc(NCC3CCC(CNS(=O)(=O)c4ccccc4)CC3)nc3ccccc23)cc1.O=C(O)C(F)(F)F. The molecule has 264 valence electrons. The van der Waals surface area contributed by atoms with Crippen LogP contribution in [0, 0.1) is 11.8 Å². The van der Waals surface area contributed by atoms with Gasteiger partial charge in [-0.15, -0.1) is 0 Å². The van der Waals surface area contributed by atoms with Gasteiger partial charge < -0.3 is 15.7 Å². The minimum atomic E-state index is -5.08. The molecule has 0 bridgehead atoms. The van der Waals surface area contributed by atoms with Crippen LogP contribution in [-0.4, -0.2) is 63.7 Å². The van der Waals surface area contributed by atoms with E-state index in [1.165, 1.54) is 12.1 Å². The molecule has 49 heavy (non-hydrogen) atoms. The van der Waals surface area contributed by atoms with Gasteiger partial charge in [-0.25, -0.2) is 36.5 Å². The number of hydrogen-bond donors (Lipinski definition) is 5. The first-order chi connectivity index (χ1) is 23.1. The molecule has 0 spiro atoms. The van der Waals surface area contributed by atoms with E-state index in [9.17, 15) is 30.0 Å². The smallest absolute Gasteiger partial charge is 0.475 e. The molecule has 1 aromatic heterocycles. The highest BCUT2D eigenvalue weighted by atomic mass is 32.2. The fraction of sp³-hybridized carbons (Fsp3) is 0.344. The molecule has 1 aliphatic carbocycles. The van der Waals surface area contributed by atoms with Gasteiger partial charge in [0.1, 0.15) is 5.82 Å². The van der Waals surface area contributed by atoms with Gasteiger partial charge in [0.25, 0.3) is 0 Å². The largest absolute Gasteiger partial charge is 0.490 e. The van der Waals surface area contributed by atoms with Gasteiger partial charge in [0.05, 0.1) is 15.3 Å². The predicted octanol–water partition coefficient (Wildman–Crippen LogP) is 4.76. The fourth-order valence-corrected chi connectivity index (χ4v) is 6.90. The lowest BCUT2D eigenvalue weighted by Gasteiger charge is -2.28. The van der Waals surface area contributed by atoms with E-state index in [0.29, 0.717) is 42.2 Å². The molecular weight excluding hydrogens is 686 g/mol. The zero-order chi connectivity index (χ0) is 35.7.